The molecule has 0 radical (unpaired) electrons. The van der Waals surface area contributed by atoms with E-state index in [1.54, 1.807) is 31.5 Å². The van der Waals surface area contributed by atoms with Gasteiger partial charge in [0, 0.05) is 19.8 Å². The van der Waals surface area contributed by atoms with E-state index >= 15 is 0 Å². The average Bonchev–Trinajstić information content (AvgIpc) is 2.66. The first-order chi connectivity index (χ1) is 7.11. The Morgan fingerprint density at radius 3 is 2.80 bits per heavy atom. The molecule has 0 spiro atoms. The van der Waals surface area contributed by atoms with Gasteiger partial charge >= 0.3 is 0 Å². The Balaban J connectivity index is 2.67. The van der Waals surface area contributed by atoms with Crippen LogP contribution < -0.4 is 0 Å². The predicted molar refractivity (Wildman–Crippen MR) is 57.9 cm³/mol. The summed E-state index contributed by atoms with van der Waals surface area (Å²) >= 11 is 0. The third-order valence-electron chi connectivity index (χ3n) is 2.42. The van der Waals surface area contributed by atoms with Gasteiger partial charge in [-0.05, 0) is 19.1 Å². The Morgan fingerprint density at radius 1 is 1.40 bits per heavy atom. The van der Waals surface area contributed by atoms with Crippen LogP contribution in [0.2, 0.25) is 0 Å². The number of rotatable bonds is 1. The minimum Gasteiger partial charge on any atom is -0.345 e. The van der Waals surface area contributed by atoms with Gasteiger partial charge in [0.15, 0.2) is 0 Å². The fourth-order valence-corrected chi connectivity index (χ4v) is 1.57. The molecule has 4 nitrogen and oxygen atoms in total. The Bertz CT molecular complexity index is 514. The van der Waals surface area contributed by atoms with Crippen molar-refractivity contribution in [2.75, 3.05) is 14.1 Å². The van der Waals surface area contributed by atoms with Crippen molar-refractivity contribution < 1.29 is 4.79 Å². The third-order valence-corrected chi connectivity index (χ3v) is 2.42. The van der Waals surface area contributed by atoms with Crippen LogP contribution in [0.15, 0.2) is 24.7 Å². The van der Waals surface area contributed by atoms with Crippen LogP contribution in [-0.2, 0) is 0 Å². The van der Waals surface area contributed by atoms with E-state index in [0.29, 0.717) is 5.56 Å². The van der Waals surface area contributed by atoms with Crippen molar-refractivity contribution >= 4 is 11.4 Å². The zero-order chi connectivity index (χ0) is 11.0. The van der Waals surface area contributed by atoms with E-state index in [1.807, 2.05) is 23.5 Å². The number of carbonyl (C=O) groups excluding carboxylic acids is 1. The molecule has 4 heteroatoms. The summed E-state index contributed by atoms with van der Waals surface area (Å²) in [7, 11) is 3.49. The second kappa shape index (κ2) is 3.38. The summed E-state index contributed by atoms with van der Waals surface area (Å²) in [6.07, 6.45) is 3.43. The molecular weight excluding hydrogens is 190 g/mol. The van der Waals surface area contributed by atoms with Gasteiger partial charge in [-0.2, -0.15) is 0 Å². The summed E-state index contributed by atoms with van der Waals surface area (Å²) in [6, 6.07) is 3.76. The number of pyridine rings is 1. The lowest BCUT2D eigenvalue weighted by molar-refractivity contribution is 0.0829. The second-order valence-corrected chi connectivity index (χ2v) is 3.74. The van der Waals surface area contributed by atoms with Crippen LogP contribution >= 0.6 is 0 Å². The fraction of sp³-hybridized carbons (Fsp3) is 0.273. The summed E-state index contributed by atoms with van der Waals surface area (Å²) in [4.78, 5) is 17.5. The molecule has 0 aliphatic carbocycles. The lowest BCUT2D eigenvalue weighted by atomic mass is 10.2. The van der Waals surface area contributed by atoms with Crippen molar-refractivity contribution in [3.8, 4) is 0 Å². The monoisotopic (exact) mass is 203 g/mol. The number of fused-ring (bicyclic) bond motifs is 1. The van der Waals surface area contributed by atoms with E-state index in [4.69, 9.17) is 0 Å². The molecule has 15 heavy (non-hydrogen) atoms. The summed E-state index contributed by atoms with van der Waals surface area (Å²) in [5.41, 5.74) is 2.61. The number of hydrogen-bond donors (Lipinski definition) is 0. The van der Waals surface area contributed by atoms with Crippen molar-refractivity contribution in [1.82, 2.24) is 14.3 Å². The largest absolute Gasteiger partial charge is 0.345 e. The summed E-state index contributed by atoms with van der Waals surface area (Å²) in [6.45, 7) is 1.98. The predicted octanol–water partition coefficient (Wildman–Crippen LogP) is 1.34. The standard InChI is InChI=1S/C11H13N3O/c1-8-4-5-9(11(15)13(2)3)10-6-12-7-14(8)10/h4-7H,1-3H3. The smallest absolute Gasteiger partial charge is 0.255 e. The minimum atomic E-state index is 0.000463. The van der Waals surface area contributed by atoms with Crippen molar-refractivity contribution in [2.45, 2.75) is 6.92 Å². The maximum Gasteiger partial charge on any atom is 0.255 e. The molecule has 78 valence electrons. The molecule has 2 aromatic rings. The fourth-order valence-electron chi connectivity index (χ4n) is 1.57. The van der Waals surface area contributed by atoms with Crippen LogP contribution in [0.4, 0.5) is 0 Å². The van der Waals surface area contributed by atoms with Crippen LogP contribution in [0.25, 0.3) is 5.52 Å². The van der Waals surface area contributed by atoms with Gasteiger partial charge in [-0.15, -0.1) is 0 Å². The van der Waals surface area contributed by atoms with Gasteiger partial charge in [-0.3, -0.25) is 4.79 Å². The summed E-state index contributed by atoms with van der Waals surface area (Å²) in [5, 5.41) is 0. The number of amides is 1. The molecule has 2 rings (SSSR count). The highest BCUT2D eigenvalue weighted by atomic mass is 16.2. The molecule has 2 heterocycles. The SMILES string of the molecule is Cc1ccc(C(=O)N(C)C)c2cncn12. The number of aryl methyl sites for hydroxylation is 1. The van der Waals surface area contributed by atoms with Crippen LogP contribution in [0.1, 0.15) is 16.1 Å². The van der Waals surface area contributed by atoms with Gasteiger partial charge in [-0.25, -0.2) is 4.98 Å². The lowest BCUT2D eigenvalue weighted by Crippen LogP contribution is -2.22. The third kappa shape index (κ3) is 1.48. The first kappa shape index (κ1) is 9.71. The van der Waals surface area contributed by atoms with Crippen LogP contribution in [0.3, 0.4) is 0 Å². The Hall–Kier alpha value is -1.84. The van der Waals surface area contributed by atoms with Crippen molar-refractivity contribution in [2.24, 2.45) is 0 Å². The highest BCUT2D eigenvalue weighted by molar-refractivity contribution is 6.00. The highest BCUT2D eigenvalue weighted by Gasteiger charge is 2.12. The molecule has 0 saturated heterocycles. The first-order valence-electron chi connectivity index (χ1n) is 4.74. The second-order valence-electron chi connectivity index (χ2n) is 3.74. The normalized spacial score (nSPS) is 10.6. The summed E-state index contributed by atoms with van der Waals surface area (Å²) in [5.74, 6) is 0.000463. The molecule has 1 amide bonds. The Morgan fingerprint density at radius 2 is 2.13 bits per heavy atom. The first-order valence-corrected chi connectivity index (χ1v) is 4.74. The van der Waals surface area contributed by atoms with Gasteiger partial charge in [0.2, 0.25) is 0 Å². The molecule has 0 N–H and O–H groups in total. The highest BCUT2D eigenvalue weighted by Crippen LogP contribution is 2.14. The van der Waals surface area contributed by atoms with Gasteiger partial charge in [-0.1, -0.05) is 0 Å². The van der Waals surface area contributed by atoms with E-state index < -0.39 is 0 Å². The minimum absolute atomic E-state index is 0.000463. The molecule has 0 aliphatic rings. The molecule has 0 unspecified atom stereocenters. The van der Waals surface area contributed by atoms with Crippen molar-refractivity contribution in [1.29, 1.82) is 0 Å². The molecule has 2 aromatic heterocycles. The maximum atomic E-state index is 11.9. The van der Waals surface area contributed by atoms with Crippen LogP contribution in [-0.4, -0.2) is 34.3 Å². The zero-order valence-electron chi connectivity index (χ0n) is 9.06. The Labute approximate surface area is 88.2 Å². The van der Waals surface area contributed by atoms with Crippen LogP contribution in [0.5, 0.6) is 0 Å². The van der Waals surface area contributed by atoms with Gasteiger partial charge in [0.05, 0.1) is 23.6 Å². The van der Waals surface area contributed by atoms with E-state index in [9.17, 15) is 4.79 Å². The van der Waals surface area contributed by atoms with Gasteiger partial charge in [0.25, 0.3) is 5.91 Å². The quantitative estimate of drug-likeness (QED) is 0.701. The van der Waals surface area contributed by atoms with Crippen molar-refractivity contribution in [3.05, 3.63) is 35.9 Å². The van der Waals surface area contributed by atoms with Crippen molar-refractivity contribution in [3.63, 3.8) is 0 Å². The topological polar surface area (TPSA) is 37.6 Å². The molecule has 0 aromatic carbocycles. The van der Waals surface area contributed by atoms with Crippen LogP contribution in [0, 0.1) is 6.92 Å². The molecule has 0 atom stereocenters. The van der Waals surface area contributed by atoms with Gasteiger partial charge < -0.3 is 9.30 Å². The molecule has 0 fully saturated rings. The number of carbonyl (C=O) groups is 1. The number of hydrogen-bond acceptors (Lipinski definition) is 2. The molecular formula is C11H13N3O. The molecule has 0 aliphatic heterocycles. The molecule has 0 bridgehead atoms. The average molecular weight is 203 g/mol. The molecule has 0 saturated carbocycles. The maximum absolute atomic E-state index is 11.9. The van der Waals surface area contributed by atoms with Gasteiger partial charge in [0.1, 0.15) is 0 Å². The van der Waals surface area contributed by atoms with E-state index in [-0.39, 0.29) is 5.91 Å². The van der Waals surface area contributed by atoms with E-state index in [2.05, 4.69) is 4.98 Å². The lowest BCUT2D eigenvalue weighted by Gasteiger charge is -2.12. The van der Waals surface area contributed by atoms with E-state index in [1.165, 1.54) is 0 Å². The Kier molecular flexibility index (Phi) is 2.19. The number of aromatic nitrogens is 2. The summed E-state index contributed by atoms with van der Waals surface area (Å²) < 4.78 is 1.91. The zero-order valence-corrected chi connectivity index (χ0v) is 9.06. The van der Waals surface area contributed by atoms with E-state index in [0.717, 1.165) is 11.2 Å². The number of nitrogens with zero attached hydrogens (tertiary/aromatic N) is 3. The number of imidazole rings is 1.